The van der Waals surface area contributed by atoms with Crippen molar-refractivity contribution in [1.82, 2.24) is 9.97 Å². The van der Waals surface area contributed by atoms with Crippen molar-refractivity contribution in [2.24, 2.45) is 0 Å². The molecule has 0 amide bonds. The van der Waals surface area contributed by atoms with Crippen molar-refractivity contribution in [2.45, 2.75) is 51.2 Å². The van der Waals surface area contributed by atoms with Crippen molar-refractivity contribution in [2.75, 3.05) is 30.1 Å². The quantitative estimate of drug-likeness (QED) is 0.506. The summed E-state index contributed by atoms with van der Waals surface area (Å²) in [5.74, 6) is 3.10. The Morgan fingerprint density at radius 3 is 2.85 bits per heavy atom. The second-order valence-corrected chi connectivity index (χ2v) is 9.96. The van der Waals surface area contributed by atoms with Crippen molar-refractivity contribution >= 4 is 39.5 Å². The number of hydrogen-bond donors (Lipinski definition) is 2. The molecule has 0 atom stereocenters. The topological polar surface area (TPSA) is 106 Å². The highest BCUT2D eigenvalue weighted by molar-refractivity contribution is 7.19. The predicted octanol–water partition coefficient (Wildman–Crippen LogP) is 4.57. The Hall–Kier alpha value is -3.27. The molecule has 0 bridgehead atoms. The van der Waals surface area contributed by atoms with E-state index in [2.05, 4.69) is 10.2 Å². The molecule has 0 saturated carbocycles. The van der Waals surface area contributed by atoms with E-state index in [0.717, 1.165) is 45.9 Å². The number of fused-ring (bicyclic) bond motifs is 4. The maximum Gasteiger partial charge on any atom is 0.506 e. The predicted molar refractivity (Wildman–Crippen MR) is 128 cm³/mol. The number of piperidine rings is 1. The summed E-state index contributed by atoms with van der Waals surface area (Å²) in [6.07, 6.45) is 4.37. The molecule has 0 unspecified atom stereocenters. The summed E-state index contributed by atoms with van der Waals surface area (Å²) in [7, 11) is 0. The van der Waals surface area contributed by atoms with E-state index >= 15 is 0 Å². The normalized spacial score (nSPS) is 17.6. The minimum absolute atomic E-state index is 0.261. The standard InChI is InChI=1S/C24H26N4O5S/c29-24(30)33-15-7-9-28(10-8-15)23-26-21(20-16-3-1-2-4-19(16)34-22(20)27-23)25-12-14-5-6-17-18(11-14)32-13-31-17/h5-6,11,15H,1-4,7-10,12-13H2,(H,29,30)(H,25,26,27). The fourth-order valence-corrected chi connectivity index (χ4v) is 6.22. The Bertz CT molecular complexity index is 1240. The number of aryl methyl sites for hydroxylation is 2. The Morgan fingerprint density at radius 2 is 2.00 bits per heavy atom. The van der Waals surface area contributed by atoms with Crippen LogP contribution in [0.25, 0.3) is 10.2 Å². The maximum absolute atomic E-state index is 10.9. The second kappa shape index (κ2) is 8.83. The number of benzene rings is 1. The molecule has 3 aliphatic rings. The van der Waals surface area contributed by atoms with Crippen molar-refractivity contribution in [1.29, 1.82) is 0 Å². The number of carboxylic acid groups (broad SMARTS) is 1. The van der Waals surface area contributed by atoms with Crippen LogP contribution < -0.4 is 19.7 Å². The number of anilines is 2. The van der Waals surface area contributed by atoms with Crippen LogP contribution in [0, 0.1) is 0 Å². The number of hydrogen-bond acceptors (Lipinski definition) is 9. The molecule has 0 radical (unpaired) electrons. The van der Waals surface area contributed by atoms with Crippen LogP contribution in [0.4, 0.5) is 16.6 Å². The number of nitrogens with one attached hydrogen (secondary N) is 1. The summed E-state index contributed by atoms with van der Waals surface area (Å²) in [6, 6.07) is 5.98. The van der Waals surface area contributed by atoms with Crippen LogP contribution in [0.15, 0.2) is 18.2 Å². The van der Waals surface area contributed by atoms with Gasteiger partial charge in [0.2, 0.25) is 12.7 Å². The van der Waals surface area contributed by atoms with E-state index in [1.54, 1.807) is 11.3 Å². The minimum Gasteiger partial charge on any atom is -0.454 e. The first kappa shape index (κ1) is 21.3. The average Bonchev–Trinajstić information content (AvgIpc) is 3.46. The maximum atomic E-state index is 10.9. The van der Waals surface area contributed by atoms with E-state index in [9.17, 15) is 4.79 Å². The number of thiophene rings is 1. The zero-order valence-corrected chi connectivity index (χ0v) is 19.5. The first-order chi connectivity index (χ1) is 16.6. The molecular formula is C24H26N4O5S. The molecule has 1 aromatic carbocycles. The van der Waals surface area contributed by atoms with Crippen LogP contribution in [-0.4, -0.2) is 47.2 Å². The lowest BCUT2D eigenvalue weighted by atomic mass is 9.97. The molecule has 9 nitrogen and oxygen atoms in total. The summed E-state index contributed by atoms with van der Waals surface area (Å²) in [5, 5.41) is 13.6. The first-order valence-electron chi connectivity index (χ1n) is 11.7. The van der Waals surface area contributed by atoms with Gasteiger partial charge in [-0.2, -0.15) is 4.98 Å². The van der Waals surface area contributed by atoms with Crippen molar-refractivity contribution in [3.8, 4) is 11.5 Å². The van der Waals surface area contributed by atoms with E-state index in [0.29, 0.717) is 38.4 Å². The van der Waals surface area contributed by atoms with E-state index in [4.69, 9.17) is 29.3 Å². The van der Waals surface area contributed by atoms with Crippen LogP contribution >= 0.6 is 11.3 Å². The van der Waals surface area contributed by atoms with Gasteiger partial charge in [-0.05, 0) is 48.9 Å². The number of nitrogens with zero attached hydrogens (tertiary/aromatic N) is 3. The van der Waals surface area contributed by atoms with Gasteiger partial charge in [-0.25, -0.2) is 9.78 Å². The highest BCUT2D eigenvalue weighted by atomic mass is 32.1. The Balaban J connectivity index is 1.29. The van der Waals surface area contributed by atoms with Gasteiger partial charge >= 0.3 is 6.16 Å². The zero-order valence-electron chi connectivity index (χ0n) is 18.7. The minimum atomic E-state index is -1.21. The Morgan fingerprint density at radius 1 is 1.18 bits per heavy atom. The lowest BCUT2D eigenvalue weighted by molar-refractivity contribution is 0.0415. The molecule has 2 aliphatic heterocycles. The Kier molecular flexibility index (Phi) is 5.52. The van der Waals surface area contributed by atoms with Crippen LogP contribution in [0.1, 0.15) is 41.7 Å². The molecule has 178 valence electrons. The van der Waals surface area contributed by atoms with Crippen LogP contribution in [-0.2, 0) is 24.1 Å². The molecule has 1 aliphatic carbocycles. The molecule has 1 saturated heterocycles. The van der Waals surface area contributed by atoms with Gasteiger partial charge in [0.1, 0.15) is 16.8 Å². The lowest BCUT2D eigenvalue weighted by Crippen LogP contribution is -2.38. The third-order valence-electron chi connectivity index (χ3n) is 6.69. The van der Waals surface area contributed by atoms with E-state index in [-0.39, 0.29) is 12.9 Å². The number of carbonyl (C=O) groups is 1. The summed E-state index contributed by atoms with van der Waals surface area (Å²) < 4.78 is 15.9. The summed E-state index contributed by atoms with van der Waals surface area (Å²) >= 11 is 1.78. The second-order valence-electron chi connectivity index (χ2n) is 8.87. The van der Waals surface area contributed by atoms with E-state index in [1.165, 1.54) is 23.3 Å². The van der Waals surface area contributed by atoms with Crippen molar-refractivity contribution in [3.05, 3.63) is 34.2 Å². The molecule has 2 aromatic heterocycles. The molecule has 10 heteroatoms. The summed E-state index contributed by atoms with van der Waals surface area (Å²) in [6.45, 7) is 2.20. The first-order valence-corrected chi connectivity index (χ1v) is 12.5. The van der Waals surface area contributed by atoms with Gasteiger partial charge < -0.3 is 29.5 Å². The van der Waals surface area contributed by atoms with Gasteiger partial charge in [0.05, 0.1) is 5.39 Å². The number of aromatic nitrogens is 2. The molecule has 2 N–H and O–H groups in total. The third-order valence-corrected chi connectivity index (χ3v) is 7.88. The van der Waals surface area contributed by atoms with E-state index in [1.807, 2.05) is 18.2 Å². The molecule has 0 spiro atoms. The van der Waals surface area contributed by atoms with Crippen molar-refractivity contribution < 1.29 is 24.1 Å². The van der Waals surface area contributed by atoms with Crippen LogP contribution in [0.2, 0.25) is 0 Å². The van der Waals surface area contributed by atoms with Gasteiger partial charge in [0, 0.05) is 37.4 Å². The van der Waals surface area contributed by atoms with Gasteiger partial charge in [-0.15, -0.1) is 11.3 Å². The third kappa shape index (κ3) is 4.06. The fraction of sp³-hybridized carbons (Fsp3) is 0.458. The monoisotopic (exact) mass is 482 g/mol. The molecular weight excluding hydrogens is 456 g/mol. The average molecular weight is 483 g/mol. The van der Waals surface area contributed by atoms with Gasteiger partial charge in [0.15, 0.2) is 11.5 Å². The summed E-state index contributed by atoms with van der Waals surface area (Å²) in [4.78, 5) is 25.4. The molecule has 34 heavy (non-hydrogen) atoms. The molecule has 4 heterocycles. The smallest absolute Gasteiger partial charge is 0.454 e. The van der Waals surface area contributed by atoms with Gasteiger partial charge in [0.25, 0.3) is 0 Å². The van der Waals surface area contributed by atoms with Gasteiger partial charge in [-0.3, -0.25) is 0 Å². The Labute approximate surface area is 200 Å². The molecule has 1 fully saturated rings. The number of ether oxygens (including phenoxy) is 3. The van der Waals surface area contributed by atoms with Crippen LogP contribution in [0.5, 0.6) is 11.5 Å². The largest absolute Gasteiger partial charge is 0.506 e. The highest BCUT2D eigenvalue weighted by Crippen LogP contribution is 2.40. The van der Waals surface area contributed by atoms with Crippen molar-refractivity contribution in [3.63, 3.8) is 0 Å². The molecule has 3 aromatic rings. The number of rotatable bonds is 5. The SMILES string of the molecule is O=C(O)OC1CCN(c2nc(NCc3ccc4c(c3)OCO4)c3c4c(sc3n2)CCCC4)CC1. The van der Waals surface area contributed by atoms with E-state index < -0.39 is 6.16 Å². The zero-order chi connectivity index (χ0) is 23.1. The summed E-state index contributed by atoms with van der Waals surface area (Å²) in [5.41, 5.74) is 2.48. The fourth-order valence-electron chi connectivity index (χ4n) is 4.97. The van der Waals surface area contributed by atoms with Gasteiger partial charge in [-0.1, -0.05) is 6.07 Å². The lowest BCUT2D eigenvalue weighted by Gasteiger charge is -2.31. The molecule has 6 rings (SSSR count). The van der Waals surface area contributed by atoms with Crippen LogP contribution in [0.3, 0.4) is 0 Å². The highest BCUT2D eigenvalue weighted by Gasteiger charge is 2.27.